The van der Waals surface area contributed by atoms with Crippen LogP contribution in [0, 0.1) is 10.1 Å². The fourth-order valence-corrected chi connectivity index (χ4v) is 2.51. The molecule has 0 aliphatic carbocycles. The second-order valence-corrected chi connectivity index (χ2v) is 4.80. The maximum Gasteiger partial charge on any atom is 0.342 e. The van der Waals surface area contributed by atoms with Crippen molar-refractivity contribution in [2.24, 2.45) is 0 Å². The number of nitro benzene ring substituents is 1. The van der Waals surface area contributed by atoms with Crippen LogP contribution in [0.1, 0.15) is 36.5 Å². The second-order valence-electron chi connectivity index (χ2n) is 4.80. The molecule has 1 aromatic carbocycles. The Hall–Kier alpha value is -2.11. The summed E-state index contributed by atoms with van der Waals surface area (Å²) in [6.45, 7) is 2.94. The first kappa shape index (κ1) is 13.3. The normalized spacial score (nSPS) is 19.2. The van der Waals surface area contributed by atoms with E-state index in [2.05, 4.69) is 11.8 Å². The third kappa shape index (κ3) is 2.67. The van der Waals surface area contributed by atoms with Crippen molar-refractivity contribution < 1.29 is 14.8 Å². The zero-order chi connectivity index (χ0) is 14.0. The van der Waals surface area contributed by atoms with Gasteiger partial charge in [-0.2, -0.15) is 0 Å². The average Bonchev–Trinajstić information content (AvgIpc) is 2.38. The monoisotopic (exact) mass is 264 g/mol. The van der Waals surface area contributed by atoms with Crippen molar-refractivity contribution in [1.29, 1.82) is 0 Å². The lowest BCUT2D eigenvalue weighted by Crippen LogP contribution is -2.37. The predicted molar refractivity (Wildman–Crippen MR) is 70.7 cm³/mol. The Bertz CT molecular complexity index is 515. The molecule has 0 amide bonds. The molecule has 1 heterocycles. The van der Waals surface area contributed by atoms with Gasteiger partial charge in [0.1, 0.15) is 5.56 Å². The number of rotatable bonds is 3. The summed E-state index contributed by atoms with van der Waals surface area (Å²) in [6.07, 6.45) is 3.28. The lowest BCUT2D eigenvalue weighted by molar-refractivity contribution is -0.385. The van der Waals surface area contributed by atoms with Crippen LogP contribution in [-0.4, -0.2) is 28.6 Å². The summed E-state index contributed by atoms with van der Waals surface area (Å²) < 4.78 is 0. The number of carboxylic acid groups (broad SMARTS) is 1. The number of carbonyl (C=O) groups is 1. The molecule has 6 nitrogen and oxygen atoms in total. The summed E-state index contributed by atoms with van der Waals surface area (Å²) in [7, 11) is 0. The zero-order valence-electron chi connectivity index (χ0n) is 10.7. The van der Waals surface area contributed by atoms with Crippen molar-refractivity contribution >= 4 is 17.3 Å². The van der Waals surface area contributed by atoms with Gasteiger partial charge in [0.2, 0.25) is 0 Å². The molecule has 1 fully saturated rings. The molecule has 6 heteroatoms. The van der Waals surface area contributed by atoms with Crippen LogP contribution >= 0.6 is 0 Å². The highest BCUT2D eigenvalue weighted by Crippen LogP contribution is 2.29. The number of anilines is 1. The van der Waals surface area contributed by atoms with Crippen molar-refractivity contribution in [3.63, 3.8) is 0 Å². The number of piperidine rings is 1. The van der Waals surface area contributed by atoms with Gasteiger partial charge in [0.05, 0.1) is 4.92 Å². The highest BCUT2D eigenvalue weighted by Gasteiger charge is 2.24. The molecule has 1 unspecified atom stereocenters. The quantitative estimate of drug-likeness (QED) is 0.670. The van der Waals surface area contributed by atoms with Crippen LogP contribution in [0.25, 0.3) is 0 Å². The third-order valence-electron chi connectivity index (χ3n) is 3.54. The Morgan fingerprint density at radius 2 is 2.21 bits per heavy atom. The molecule has 1 aliphatic heterocycles. The fourth-order valence-electron chi connectivity index (χ4n) is 2.51. The van der Waals surface area contributed by atoms with E-state index in [0.717, 1.165) is 31.5 Å². The van der Waals surface area contributed by atoms with Gasteiger partial charge in [0.25, 0.3) is 5.69 Å². The lowest BCUT2D eigenvalue weighted by Gasteiger charge is -2.35. The van der Waals surface area contributed by atoms with Gasteiger partial charge < -0.3 is 10.0 Å². The Balaban J connectivity index is 2.40. The molecule has 0 spiro atoms. The number of hydrogen-bond donors (Lipinski definition) is 1. The van der Waals surface area contributed by atoms with Gasteiger partial charge in [-0.05, 0) is 38.3 Å². The minimum atomic E-state index is -1.27. The van der Waals surface area contributed by atoms with Gasteiger partial charge >= 0.3 is 5.97 Å². The molecular formula is C13H16N2O4. The Kier molecular flexibility index (Phi) is 3.69. The summed E-state index contributed by atoms with van der Waals surface area (Å²) in [5, 5.41) is 19.9. The van der Waals surface area contributed by atoms with Crippen LogP contribution in [0.4, 0.5) is 11.4 Å². The van der Waals surface area contributed by atoms with Crippen LogP contribution in [0.3, 0.4) is 0 Å². The van der Waals surface area contributed by atoms with Gasteiger partial charge in [0.15, 0.2) is 0 Å². The predicted octanol–water partition coefficient (Wildman–Crippen LogP) is 2.67. The van der Waals surface area contributed by atoms with Gasteiger partial charge in [-0.3, -0.25) is 10.1 Å². The van der Waals surface area contributed by atoms with E-state index in [0.29, 0.717) is 6.04 Å². The van der Waals surface area contributed by atoms with E-state index in [9.17, 15) is 14.9 Å². The van der Waals surface area contributed by atoms with Crippen LogP contribution in [0.5, 0.6) is 0 Å². The highest BCUT2D eigenvalue weighted by atomic mass is 16.6. The van der Waals surface area contributed by atoms with E-state index in [-0.39, 0.29) is 11.3 Å². The van der Waals surface area contributed by atoms with Gasteiger partial charge in [0, 0.05) is 24.3 Å². The van der Waals surface area contributed by atoms with E-state index >= 15 is 0 Å². The van der Waals surface area contributed by atoms with E-state index < -0.39 is 10.9 Å². The molecule has 1 atom stereocenters. The van der Waals surface area contributed by atoms with Crippen molar-refractivity contribution in [2.45, 2.75) is 32.2 Å². The first-order valence-corrected chi connectivity index (χ1v) is 6.29. The van der Waals surface area contributed by atoms with Crippen LogP contribution < -0.4 is 4.90 Å². The Morgan fingerprint density at radius 1 is 1.47 bits per heavy atom. The topological polar surface area (TPSA) is 83.7 Å². The number of nitrogens with zero attached hydrogens (tertiary/aromatic N) is 2. The van der Waals surface area contributed by atoms with Crippen molar-refractivity contribution in [2.75, 3.05) is 11.4 Å². The van der Waals surface area contributed by atoms with Crippen molar-refractivity contribution in [3.8, 4) is 0 Å². The highest BCUT2D eigenvalue weighted by molar-refractivity contribution is 5.93. The third-order valence-corrected chi connectivity index (χ3v) is 3.54. The van der Waals surface area contributed by atoms with Crippen LogP contribution in [0.15, 0.2) is 18.2 Å². The molecule has 1 saturated heterocycles. The summed E-state index contributed by atoms with van der Waals surface area (Å²) in [5.74, 6) is -1.27. The molecule has 102 valence electrons. The van der Waals surface area contributed by atoms with Gasteiger partial charge in [-0.25, -0.2) is 4.79 Å². The molecular weight excluding hydrogens is 248 g/mol. The Morgan fingerprint density at radius 3 is 2.79 bits per heavy atom. The number of nitro groups is 1. The summed E-state index contributed by atoms with van der Waals surface area (Å²) >= 11 is 0. The molecule has 19 heavy (non-hydrogen) atoms. The summed E-state index contributed by atoms with van der Waals surface area (Å²) in [5.41, 5.74) is 0.136. The Labute approximate surface area is 110 Å². The molecule has 0 aromatic heterocycles. The first-order chi connectivity index (χ1) is 9.00. The standard InChI is InChI=1S/C13H16N2O4/c1-9-4-2-3-7-14(9)10-5-6-12(15(18)19)11(8-10)13(16)17/h5-6,8-9H,2-4,7H2,1H3,(H,16,17). The van der Waals surface area contributed by atoms with Gasteiger partial charge in [-0.15, -0.1) is 0 Å². The van der Waals surface area contributed by atoms with E-state index in [4.69, 9.17) is 5.11 Å². The van der Waals surface area contributed by atoms with Crippen molar-refractivity contribution in [3.05, 3.63) is 33.9 Å². The van der Waals surface area contributed by atoms with Crippen LogP contribution in [0.2, 0.25) is 0 Å². The number of benzene rings is 1. The molecule has 0 saturated carbocycles. The molecule has 2 rings (SSSR count). The minimum Gasteiger partial charge on any atom is -0.477 e. The first-order valence-electron chi connectivity index (χ1n) is 6.29. The SMILES string of the molecule is CC1CCCCN1c1ccc([N+](=O)[O-])c(C(=O)O)c1. The maximum absolute atomic E-state index is 11.1. The van der Waals surface area contributed by atoms with E-state index in [1.165, 1.54) is 12.1 Å². The smallest absolute Gasteiger partial charge is 0.342 e. The minimum absolute atomic E-state index is 0.250. The van der Waals surface area contributed by atoms with E-state index in [1.807, 2.05) is 0 Å². The number of carboxylic acids is 1. The summed E-state index contributed by atoms with van der Waals surface area (Å²) in [6, 6.07) is 4.64. The molecule has 1 aliphatic rings. The fraction of sp³-hybridized carbons (Fsp3) is 0.462. The lowest BCUT2D eigenvalue weighted by atomic mass is 10.0. The summed E-state index contributed by atoms with van der Waals surface area (Å²) in [4.78, 5) is 23.4. The number of aromatic carboxylic acids is 1. The van der Waals surface area contributed by atoms with E-state index in [1.54, 1.807) is 6.07 Å². The van der Waals surface area contributed by atoms with Crippen molar-refractivity contribution in [1.82, 2.24) is 0 Å². The maximum atomic E-state index is 11.1. The molecule has 0 radical (unpaired) electrons. The van der Waals surface area contributed by atoms with Crippen LogP contribution in [-0.2, 0) is 0 Å². The van der Waals surface area contributed by atoms with Gasteiger partial charge in [-0.1, -0.05) is 0 Å². The zero-order valence-corrected chi connectivity index (χ0v) is 10.7. The molecule has 1 aromatic rings. The number of hydrogen-bond acceptors (Lipinski definition) is 4. The second kappa shape index (κ2) is 5.26. The molecule has 0 bridgehead atoms. The largest absolute Gasteiger partial charge is 0.477 e. The average molecular weight is 264 g/mol. The molecule has 1 N–H and O–H groups in total.